The monoisotopic (exact) mass is 229 g/mol. The number of hydrogen-bond donors (Lipinski definition) is 3. The largest absolute Gasteiger partial charge is 0.409 e. The lowest BCUT2D eigenvalue weighted by Gasteiger charge is -2.37. The maximum absolute atomic E-state index is 8.97. The lowest BCUT2D eigenvalue weighted by Crippen LogP contribution is -2.42. The predicted octanol–water partition coefficient (Wildman–Crippen LogP) is 0.750. The Labute approximate surface area is 96.9 Å². The summed E-state index contributed by atoms with van der Waals surface area (Å²) in [6.07, 6.45) is 6.46. The molecule has 0 bridgehead atoms. The maximum atomic E-state index is 8.97. The Bertz CT molecular complexity index is 217. The first-order valence-electron chi connectivity index (χ1n) is 6.09. The summed E-state index contributed by atoms with van der Waals surface area (Å²) >= 11 is 0. The van der Waals surface area contributed by atoms with Gasteiger partial charge in [-0.25, -0.2) is 0 Å². The Morgan fingerprint density at radius 3 is 2.56 bits per heavy atom. The third-order valence-corrected chi connectivity index (χ3v) is 3.23. The van der Waals surface area contributed by atoms with E-state index in [1.54, 1.807) is 0 Å². The number of nitrogens with two attached hydrogens (primary N) is 1. The van der Waals surface area contributed by atoms with Gasteiger partial charge in [0.25, 0.3) is 0 Å². The smallest absolute Gasteiger partial charge is 0.139 e. The van der Waals surface area contributed by atoms with Crippen molar-refractivity contribution in [3.63, 3.8) is 0 Å². The van der Waals surface area contributed by atoms with Gasteiger partial charge in [0.1, 0.15) is 5.84 Å². The molecule has 0 atom stereocenters. The molecule has 0 heterocycles. The van der Waals surface area contributed by atoms with Crippen molar-refractivity contribution in [2.45, 2.75) is 44.6 Å². The fourth-order valence-corrected chi connectivity index (χ4v) is 2.03. The molecule has 0 unspecified atom stereocenters. The molecular weight excluding hydrogens is 206 g/mol. The number of unbranched alkanes of at least 4 members (excludes halogenated alkanes) is 1. The number of amidine groups is 1. The zero-order chi connectivity index (χ0) is 11.8. The van der Waals surface area contributed by atoms with Crippen LogP contribution in [0.1, 0.15) is 38.5 Å². The molecule has 0 aromatic carbocycles. The van der Waals surface area contributed by atoms with E-state index in [0.29, 0.717) is 18.3 Å². The van der Waals surface area contributed by atoms with Crippen molar-refractivity contribution in [1.29, 1.82) is 0 Å². The number of aliphatic hydroxyl groups is 1. The molecule has 94 valence electrons. The highest BCUT2D eigenvalue weighted by Crippen LogP contribution is 2.24. The summed E-state index contributed by atoms with van der Waals surface area (Å²) < 4.78 is 0. The summed E-state index contributed by atoms with van der Waals surface area (Å²) in [4.78, 5) is 2.36. The highest BCUT2D eigenvalue weighted by atomic mass is 16.4. The van der Waals surface area contributed by atoms with E-state index in [1.807, 2.05) is 0 Å². The molecule has 0 saturated heterocycles. The number of aliphatic hydroxyl groups excluding tert-OH is 1. The topological polar surface area (TPSA) is 82.1 Å². The van der Waals surface area contributed by atoms with Gasteiger partial charge in [-0.15, -0.1) is 0 Å². The Hall–Kier alpha value is -0.810. The van der Waals surface area contributed by atoms with Gasteiger partial charge in [-0.2, -0.15) is 0 Å². The summed E-state index contributed by atoms with van der Waals surface area (Å²) in [6.45, 7) is 2.01. The first-order chi connectivity index (χ1) is 7.77. The first kappa shape index (κ1) is 13.3. The Balaban J connectivity index is 2.12. The SMILES string of the molecule is NC(CCCCN(CCO)C1CCC1)=NO. The second-order valence-electron chi connectivity index (χ2n) is 4.39. The Morgan fingerprint density at radius 2 is 2.06 bits per heavy atom. The van der Waals surface area contributed by atoms with Gasteiger partial charge in [0.2, 0.25) is 0 Å². The van der Waals surface area contributed by atoms with Crippen molar-refractivity contribution >= 4 is 5.84 Å². The van der Waals surface area contributed by atoms with Gasteiger partial charge >= 0.3 is 0 Å². The van der Waals surface area contributed by atoms with Gasteiger partial charge in [-0.05, 0) is 32.2 Å². The zero-order valence-electron chi connectivity index (χ0n) is 9.81. The van der Waals surface area contributed by atoms with Gasteiger partial charge in [-0.1, -0.05) is 11.6 Å². The van der Waals surface area contributed by atoms with Crippen LogP contribution in [0, 0.1) is 0 Å². The number of rotatable bonds is 8. The molecule has 1 aliphatic carbocycles. The van der Waals surface area contributed by atoms with E-state index in [0.717, 1.165) is 25.9 Å². The van der Waals surface area contributed by atoms with E-state index in [2.05, 4.69) is 10.1 Å². The van der Waals surface area contributed by atoms with Crippen molar-refractivity contribution < 1.29 is 10.3 Å². The van der Waals surface area contributed by atoms with Crippen molar-refractivity contribution in [1.82, 2.24) is 4.90 Å². The second-order valence-corrected chi connectivity index (χ2v) is 4.39. The average molecular weight is 229 g/mol. The minimum Gasteiger partial charge on any atom is -0.409 e. The van der Waals surface area contributed by atoms with Crippen molar-refractivity contribution in [3.8, 4) is 0 Å². The maximum Gasteiger partial charge on any atom is 0.139 e. The molecule has 0 aromatic rings. The molecule has 5 heteroatoms. The minimum atomic E-state index is 0.233. The molecule has 16 heavy (non-hydrogen) atoms. The molecule has 1 rings (SSSR count). The number of nitrogens with zero attached hydrogens (tertiary/aromatic N) is 2. The summed E-state index contributed by atoms with van der Waals surface area (Å²) in [7, 11) is 0. The fourth-order valence-electron chi connectivity index (χ4n) is 2.03. The van der Waals surface area contributed by atoms with Crippen LogP contribution in [0.4, 0.5) is 0 Å². The molecule has 4 N–H and O–H groups in total. The van der Waals surface area contributed by atoms with Crippen LogP contribution in [0.3, 0.4) is 0 Å². The molecule has 1 aliphatic rings. The zero-order valence-corrected chi connectivity index (χ0v) is 9.81. The van der Waals surface area contributed by atoms with Gasteiger partial charge in [0, 0.05) is 19.0 Å². The average Bonchev–Trinajstić information content (AvgIpc) is 2.21. The molecule has 5 nitrogen and oxygen atoms in total. The number of hydrogen-bond acceptors (Lipinski definition) is 4. The van der Waals surface area contributed by atoms with Crippen LogP contribution in [0.2, 0.25) is 0 Å². The fraction of sp³-hybridized carbons (Fsp3) is 0.909. The molecule has 0 amide bonds. The van der Waals surface area contributed by atoms with Crippen molar-refractivity contribution in [3.05, 3.63) is 0 Å². The van der Waals surface area contributed by atoms with E-state index >= 15 is 0 Å². The first-order valence-corrected chi connectivity index (χ1v) is 6.09. The summed E-state index contributed by atoms with van der Waals surface area (Å²) in [5.74, 6) is 0.303. The molecule has 1 saturated carbocycles. The molecule has 0 spiro atoms. The van der Waals surface area contributed by atoms with E-state index < -0.39 is 0 Å². The van der Waals surface area contributed by atoms with Gasteiger partial charge in [0.15, 0.2) is 0 Å². The third kappa shape index (κ3) is 4.37. The van der Waals surface area contributed by atoms with Crippen molar-refractivity contribution in [2.75, 3.05) is 19.7 Å². The summed E-state index contributed by atoms with van der Waals surface area (Å²) in [6, 6.07) is 0.677. The van der Waals surface area contributed by atoms with Crippen LogP contribution in [0.5, 0.6) is 0 Å². The standard InChI is InChI=1S/C11H23N3O2/c12-11(13-16)6-1-2-7-14(8-9-15)10-4-3-5-10/h10,15-16H,1-9H2,(H2,12,13). The normalized spacial score (nSPS) is 17.8. The van der Waals surface area contributed by atoms with E-state index in [9.17, 15) is 0 Å². The molecule has 0 aliphatic heterocycles. The lowest BCUT2D eigenvalue weighted by atomic mass is 9.91. The van der Waals surface area contributed by atoms with Gasteiger partial charge in [0.05, 0.1) is 6.61 Å². The predicted molar refractivity (Wildman–Crippen MR) is 63.6 cm³/mol. The van der Waals surface area contributed by atoms with Crippen LogP contribution in [0.15, 0.2) is 5.16 Å². The van der Waals surface area contributed by atoms with Crippen LogP contribution < -0.4 is 5.73 Å². The quantitative estimate of drug-likeness (QED) is 0.189. The van der Waals surface area contributed by atoms with Crippen LogP contribution in [-0.2, 0) is 0 Å². The number of oxime groups is 1. The van der Waals surface area contributed by atoms with Crippen LogP contribution >= 0.6 is 0 Å². The van der Waals surface area contributed by atoms with E-state index in [4.69, 9.17) is 16.0 Å². The van der Waals surface area contributed by atoms with Crippen molar-refractivity contribution in [2.24, 2.45) is 10.9 Å². The van der Waals surface area contributed by atoms with E-state index in [-0.39, 0.29) is 6.61 Å². The lowest BCUT2D eigenvalue weighted by molar-refractivity contribution is 0.0998. The molecule has 0 radical (unpaired) electrons. The van der Waals surface area contributed by atoms with E-state index in [1.165, 1.54) is 19.3 Å². The summed E-state index contributed by atoms with van der Waals surface area (Å²) in [5.41, 5.74) is 5.39. The highest BCUT2D eigenvalue weighted by molar-refractivity contribution is 5.79. The van der Waals surface area contributed by atoms with Crippen LogP contribution in [-0.4, -0.2) is 46.8 Å². The summed E-state index contributed by atoms with van der Waals surface area (Å²) in [5, 5.41) is 20.3. The molecule has 1 fully saturated rings. The Kier molecular flexibility index (Phi) is 6.18. The molecule has 0 aromatic heterocycles. The van der Waals surface area contributed by atoms with Crippen LogP contribution in [0.25, 0.3) is 0 Å². The second kappa shape index (κ2) is 7.46. The van der Waals surface area contributed by atoms with Gasteiger partial charge in [-0.3, -0.25) is 4.90 Å². The third-order valence-electron chi connectivity index (χ3n) is 3.23. The highest BCUT2D eigenvalue weighted by Gasteiger charge is 2.23. The minimum absolute atomic E-state index is 0.233. The van der Waals surface area contributed by atoms with Gasteiger partial charge < -0.3 is 16.0 Å². The Morgan fingerprint density at radius 1 is 1.31 bits per heavy atom. The molecular formula is C11H23N3O2.